The lowest BCUT2D eigenvalue weighted by molar-refractivity contribution is 0.150. The molecule has 1 fully saturated rings. The van der Waals surface area contributed by atoms with Gasteiger partial charge in [0, 0.05) is 43.2 Å². The van der Waals surface area contributed by atoms with Crippen LogP contribution in [0.1, 0.15) is 29.2 Å². The molecule has 0 spiro atoms. The summed E-state index contributed by atoms with van der Waals surface area (Å²) in [6.45, 7) is 4.43. The van der Waals surface area contributed by atoms with Crippen LogP contribution in [-0.2, 0) is 5.75 Å². The molecule has 4 nitrogen and oxygen atoms in total. The van der Waals surface area contributed by atoms with Crippen LogP contribution in [0.3, 0.4) is 0 Å². The summed E-state index contributed by atoms with van der Waals surface area (Å²) in [6.07, 6.45) is 2.81. The van der Waals surface area contributed by atoms with E-state index in [0.717, 1.165) is 43.3 Å². The number of thioether (sulfide) groups is 1. The Kier molecular flexibility index (Phi) is 6.34. The number of carbonyl (C=O) groups is 1. The molecule has 3 rings (SSSR count). The Bertz CT molecular complexity index is 686. The Morgan fingerprint density at radius 2 is 2.04 bits per heavy atom. The molecule has 5 heteroatoms. The molecule has 2 amide bonds. The van der Waals surface area contributed by atoms with E-state index >= 15 is 0 Å². The molecule has 1 N–H and O–H groups in total. The Morgan fingerprint density at radius 1 is 1.24 bits per heavy atom. The van der Waals surface area contributed by atoms with Crippen LogP contribution in [0.15, 0.2) is 48.7 Å². The standard InChI is InChI=1S/C20H25N3OS/c1-16-7-2-3-8-17(16)15-25-12-6-11-22-20(24)23-13-18(14-23)19-9-4-5-10-21-19/h2-5,7-10,18H,6,11-15H2,1H3,(H,22,24). The monoisotopic (exact) mass is 355 g/mol. The number of hydrogen-bond donors (Lipinski definition) is 1. The molecular weight excluding hydrogens is 330 g/mol. The number of carbonyl (C=O) groups excluding carboxylic acids is 1. The molecule has 1 aliphatic rings. The molecule has 2 heterocycles. The molecule has 0 unspecified atom stereocenters. The van der Waals surface area contributed by atoms with Crippen LogP contribution in [-0.4, -0.2) is 41.3 Å². The van der Waals surface area contributed by atoms with Gasteiger partial charge in [-0.3, -0.25) is 4.98 Å². The first-order chi connectivity index (χ1) is 12.2. The van der Waals surface area contributed by atoms with E-state index in [1.165, 1.54) is 11.1 Å². The van der Waals surface area contributed by atoms with Gasteiger partial charge in [0.25, 0.3) is 0 Å². The summed E-state index contributed by atoms with van der Waals surface area (Å²) >= 11 is 1.92. The normalized spacial score (nSPS) is 14.2. The minimum Gasteiger partial charge on any atom is -0.338 e. The Hall–Kier alpha value is -2.01. The smallest absolute Gasteiger partial charge is 0.317 e. The topological polar surface area (TPSA) is 45.2 Å². The third-order valence-electron chi connectivity index (χ3n) is 4.54. The van der Waals surface area contributed by atoms with Gasteiger partial charge in [0.15, 0.2) is 0 Å². The molecule has 1 saturated heterocycles. The summed E-state index contributed by atoms with van der Waals surface area (Å²) in [5.74, 6) is 2.49. The number of amides is 2. The number of aryl methyl sites for hydroxylation is 1. The van der Waals surface area contributed by atoms with E-state index in [1.807, 2.05) is 41.1 Å². The van der Waals surface area contributed by atoms with Crippen LogP contribution in [0.25, 0.3) is 0 Å². The number of pyridine rings is 1. The molecule has 0 bridgehead atoms. The highest BCUT2D eigenvalue weighted by atomic mass is 32.2. The summed E-state index contributed by atoms with van der Waals surface area (Å²) in [4.78, 5) is 18.3. The second kappa shape index (κ2) is 8.90. The lowest BCUT2D eigenvalue weighted by Gasteiger charge is -2.38. The van der Waals surface area contributed by atoms with E-state index in [1.54, 1.807) is 0 Å². The van der Waals surface area contributed by atoms with Crippen molar-refractivity contribution in [2.75, 3.05) is 25.4 Å². The van der Waals surface area contributed by atoms with Crippen molar-refractivity contribution >= 4 is 17.8 Å². The largest absolute Gasteiger partial charge is 0.338 e. The second-order valence-corrected chi connectivity index (χ2v) is 7.53. The van der Waals surface area contributed by atoms with Crippen LogP contribution in [0.2, 0.25) is 0 Å². The first-order valence-corrected chi connectivity index (χ1v) is 9.95. The van der Waals surface area contributed by atoms with Gasteiger partial charge in [-0.1, -0.05) is 30.3 Å². The number of aromatic nitrogens is 1. The van der Waals surface area contributed by atoms with Gasteiger partial charge in [0.2, 0.25) is 0 Å². The summed E-state index contributed by atoms with van der Waals surface area (Å²) in [5.41, 5.74) is 3.83. The van der Waals surface area contributed by atoms with Crippen molar-refractivity contribution in [3.63, 3.8) is 0 Å². The number of hydrogen-bond acceptors (Lipinski definition) is 3. The highest BCUT2D eigenvalue weighted by Crippen LogP contribution is 2.25. The molecular formula is C20H25N3OS. The van der Waals surface area contributed by atoms with Crippen molar-refractivity contribution in [3.05, 3.63) is 65.5 Å². The van der Waals surface area contributed by atoms with Crippen molar-refractivity contribution in [3.8, 4) is 0 Å². The summed E-state index contributed by atoms with van der Waals surface area (Å²) < 4.78 is 0. The summed E-state index contributed by atoms with van der Waals surface area (Å²) in [5, 5.41) is 3.02. The van der Waals surface area contributed by atoms with Crippen LogP contribution in [0.4, 0.5) is 4.79 Å². The van der Waals surface area contributed by atoms with Crippen LogP contribution < -0.4 is 5.32 Å². The maximum Gasteiger partial charge on any atom is 0.317 e. The molecule has 0 aliphatic carbocycles. The highest BCUT2D eigenvalue weighted by Gasteiger charge is 2.32. The van der Waals surface area contributed by atoms with E-state index in [9.17, 15) is 4.79 Å². The molecule has 0 atom stereocenters. The average Bonchev–Trinajstić information content (AvgIpc) is 2.59. The second-order valence-electron chi connectivity index (χ2n) is 6.42. The minimum absolute atomic E-state index is 0.0519. The lowest BCUT2D eigenvalue weighted by Crippen LogP contribution is -2.52. The zero-order valence-electron chi connectivity index (χ0n) is 14.6. The molecule has 132 valence electrons. The van der Waals surface area contributed by atoms with Crippen LogP contribution in [0, 0.1) is 6.92 Å². The molecule has 25 heavy (non-hydrogen) atoms. The Morgan fingerprint density at radius 3 is 2.80 bits per heavy atom. The van der Waals surface area contributed by atoms with Gasteiger partial charge in [-0.2, -0.15) is 11.8 Å². The summed E-state index contributed by atoms with van der Waals surface area (Å²) in [6, 6.07) is 14.5. The van der Waals surface area contributed by atoms with E-state index in [-0.39, 0.29) is 6.03 Å². The van der Waals surface area contributed by atoms with Crippen molar-refractivity contribution in [2.45, 2.75) is 25.0 Å². The number of nitrogens with zero attached hydrogens (tertiary/aromatic N) is 2. The van der Waals surface area contributed by atoms with Gasteiger partial charge >= 0.3 is 6.03 Å². The van der Waals surface area contributed by atoms with Gasteiger partial charge in [0.05, 0.1) is 0 Å². The quantitative estimate of drug-likeness (QED) is 0.768. The number of rotatable bonds is 7. The molecule has 1 aromatic heterocycles. The SMILES string of the molecule is Cc1ccccc1CSCCCNC(=O)N1CC(c2ccccn2)C1. The number of urea groups is 1. The fourth-order valence-corrected chi connectivity index (χ4v) is 3.92. The zero-order chi connectivity index (χ0) is 17.5. The Balaban J connectivity index is 1.26. The highest BCUT2D eigenvalue weighted by molar-refractivity contribution is 7.98. The number of nitrogens with one attached hydrogen (secondary N) is 1. The third-order valence-corrected chi connectivity index (χ3v) is 5.63. The lowest BCUT2D eigenvalue weighted by atomic mass is 9.96. The zero-order valence-corrected chi connectivity index (χ0v) is 15.5. The van der Waals surface area contributed by atoms with Gasteiger partial charge in [-0.15, -0.1) is 0 Å². The van der Waals surface area contributed by atoms with E-state index < -0.39 is 0 Å². The van der Waals surface area contributed by atoms with Crippen molar-refractivity contribution < 1.29 is 4.79 Å². The fourth-order valence-electron chi connectivity index (χ4n) is 2.88. The van der Waals surface area contributed by atoms with Gasteiger partial charge in [-0.05, 0) is 42.4 Å². The van der Waals surface area contributed by atoms with Crippen LogP contribution >= 0.6 is 11.8 Å². The Labute approximate surface area is 154 Å². The van der Waals surface area contributed by atoms with Crippen molar-refractivity contribution in [1.82, 2.24) is 15.2 Å². The maximum atomic E-state index is 12.1. The average molecular weight is 356 g/mol. The first kappa shape index (κ1) is 17.8. The fraction of sp³-hybridized carbons (Fsp3) is 0.400. The summed E-state index contributed by atoms with van der Waals surface area (Å²) in [7, 11) is 0. The number of likely N-dealkylation sites (tertiary alicyclic amines) is 1. The van der Waals surface area contributed by atoms with Gasteiger partial charge < -0.3 is 10.2 Å². The van der Waals surface area contributed by atoms with E-state index in [2.05, 4.69) is 41.5 Å². The number of benzene rings is 1. The van der Waals surface area contributed by atoms with Gasteiger partial charge in [-0.25, -0.2) is 4.79 Å². The van der Waals surface area contributed by atoms with Crippen molar-refractivity contribution in [1.29, 1.82) is 0 Å². The molecule has 1 aliphatic heterocycles. The van der Waals surface area contributed by atoms with E-state index in [0.29, 0.717) is 5.92 Å². The minimum atomic E-state index is 0.0519. The molecule has 0 radical (unpaired) electrons. The predicted molar refractivity (Wildman–Crippen MR) is 104 cm³/mol. The first-order valence-electron chi connectivity index (χ1n) is 8.80. The molecule has 2 aromatic rings. The maximum absolute atomic E-state index is 12.1. The molecule has 1 aromatic carbocycles. The van der Waals surface area contributed by atoms with Gasteiger partial charge in [0.1, 0.15) is 0 Å². The van der Waals surface area contributed by atoms with E-state index in [4.69, 9.17) is 0 Å². The predicted octanol–water partition coefficient (Wildman–Crippen LogP) is 3.82. The van der Waals surface area contributed by atoms with Crippen LogP contribution in [0.5, 0.6) is 0 Å². The third kappa shape index (κ3) is 4.98. The van der Waals surface area contributed by atoms with Crippen molar-refractivity contribution in [2.24, 2.45) is 0 Å². The molecule has 0 saturated carbocycles.